The van der Waals surface area contributed by atoms with Crippen LogP contribution < -0.4 is 19.5 Å². The van der Waals surface area contributed by atoms with Crippen molar-refractivity contribution >= 4 is 11.9 Å². The van der Waals surface area contributed by atoms with Gasteiger partial charge in [-0.2, -0.15) is 0 Å². The third-order valence-electron chi connectivity index (χ3n) is 4.76. The minimum Gasteiger partial charge on any atom is -0.493 e. The van der Waals surface area contributed by atoms with Gasteiger partial charge in [-0.25, -0.2) is 0 Å². The third-order valence-corrected chi connectivity index (χ3v) is 4.76. The quantitative estimate of drug-likeness (QED) is 0.457. The van der Waals surface area contributed by atoms with E-state index in [1.54, 1.807) is 28.4 Å². The van der Waals surface area contributed by atoms with Crippen molar-refractivity contribution in [2.75, 3.05) is 48.6 Å². The van der Waals surface area contributed by atoms with Crippen LogP contribution in [-0.2, 0) is 16.1 Å². The molecular formula is C19H29N3O5. The molecule has 0 spiro atoms. The van der Waals surface area contributed by atoms with Gasteiger partial charge < -0.3 is 29.2 Å². The van der Waals surface area contributed by atoms with Crippen LogP contribution in [0.25, 0.3) is 0 Å². The summed E-state index contributed by atoms with van der Waals surface area (Å²) < 4.78 is 21.1. The van der Waals surface area contributed by atoms with Gasteiger partial charge in [0.1, 0.15) is 0 Å². The Morgan fingerprint density at radius 2 is 1.78 bits per heavy atom. The first kappa shape index (κ1) is 20.7. The minimum absolute atomic E-state index is 0.0321. The van der Waals surface area contributed by atoms with E-state index >= 15 is 0 Å². The molecule has 1 N–H and O–H groups in total. The minimum atomic E-state index is -0.132. The molecule has 0 bridgehead atoms. The largest absolute Gasteiger partial charge is 0.493 e. The van der Waals surface area contributed by atoms with Crippen LogP contribution in [0, 0.1) is 5.92 Å². The zero-order valence-corrected chi connectivity index (χ0v) is 16.7. The Balaban J connectivity index is 2.04. The van der Waals surface area contributed by atoms with Crippen LogP contribution in [0.15, 0.2) is 17.1 Å². The SMILES string of the molecule is CN=C(NCc1ccc(OC)c(OC)c1OC)N1CCC(C(=O)OC)CC1. The van der Waals surface area contributed by atoms with Crippen LogP contribution in [0.2, 0.25) is 0 Å². The number of hydrogen-bond acceptors (Lipinski definition) is 6. The molecule has 0 unspecified atom stereocenters. The highest BCUT2D eigenvalue weighted by molar-refractivity contribution is 5.80. The Morgan fingerprint density at radius 3 is 2.30 bits per heavy atom. The number of guanidine groups is 1. The molecule has 8 nitrogen and oxygen atoms in total. The number of esters is 1. The summed E-state index contributed by atoms with van der Waals surface area (Å²) in [4.78, 5) is 18.2. The number of carbonyl (C=O) groups is 1. The molecule has 1 aliphatic rings. The summed E-state index contributed by atoms with van der Waals surface area (Å²) in [6.45, 7) is 2.03. The summed E-state index contributed by atoms with van der Waals surface area (Å²) in [7, 11) is 7.97. The van der Waals surface area contributed by atoms with Crippen molar-refractivity contribution < 1.29 is 23.7 Å². The Hall–Kier alpha value is -2.64. The van der Waals surface area contributed by atoms with E-state index in [2.05, 4.69) is 15.2 Å². The van der Waals surface area contributed by atoms with Gasteiger partial charge in [0, 0.05) is 32.2 Å². The van der Waals surface area contributed by atoms with Crippen LogP contribution in [0.3, 0.4) is 0 Å². The summed E-state index contributed by atoms with van der Waals surface area (Å²) in [5.74, 6) is 2.43. The van der Waals surface area contributed by atoms with E-state index in [0.717, 1.165) is 37.5 Å². The standard InChI is InChI=1S/C19H29N3O5/c1-20-19(22-10-8-13(9-11-22)18(23)27-5)21-12-14-6-7-15(24-2)17(26-4)16(14)25-3/h6-7,13H,8-12H2,1-5H3,(H,20,21). The molecule has 2 rings (SSSR count). The zero-order valence-electron chi connectivity index (χ0n) is 16.7. The van der Waals surface area contributed by atoms with Gasteiger partial charge in [-0.3, -0.25) is 9.79 Å². The van der Waals surface area contributed by atoms with Crippen molar-refractivity contribution in [2.24, 2.45) is 10.9 Å². The van der Waals surface area contributed by atoms with Gasteiger partial charge in [0.15, 0.2) is 17.5 Å². The molecule has 0 radical (unpaired) electrons. The van der Waals surface area contributed by atoms with E-state index in [-0.39, 0.29) is 11.9 Å². The zero-order chi connectivity index (χ0) is 19.8. The van der Waals surface area contributed by atoms with Crippen molar-refractivity contribution in [3.05, 3.63) is 17.7 Å². The van der Waals surface area contributed by atoms with Gasteiger partial charge in [-0.1, -0.05) is 0 Å². The van der Waals surface area contributed by atoms with Crippen molar-refractivity contribution in [1.29, 1.82) is 0 Å². The molecule has 1 aliphatic heterocycles. The first-order valence-corrected chi connectivity index (χ1v) is 8.90. The molecule has 0 saturated carbocycles. The Morgan fingerprint density at radius 1 is 1.11 bits per heavy atom. The monoisotopic (exact) mass is 379 g/mol. The number of nitrogens with one attached hydrogen (secondary N) is 1. The molecule has 0 aliphatic carbocycles. The maximum atomic E-state index is 11.7. The number of methoxy groups -OCH3 is 4. The second-order valence-electron chi connectivity index (χ2n) is 6.18. The summed E-state index contributed by atoms with van der Waals surface area (Å²) >= 11 is 0. The number of benzene rings is 1. The van der Waals surface area contributed by atoms with Crippen molar-refractivity contribution in [3.63, 3.8) is 0 Å². The van der Waals surface area contributed by atoms with E-state index in [9.17, 15) is 4.79 Å². The number of ether oxygens (including phenoxy) is 4. The molecule has 8 heteroatoms. The molecule has 0 aromatic heterocycles. The van der Waals surface area contributed by atoms with E-state index in [0.29, 0.717) is 23.8 Å². The Labute approximate surface area is 160 Å². The molecule has 27 heavy (non-hydrogen) atoms. The van der Waals surface area contributed by atoms with Crippen LogP contribution >= 0.6 is 0 Å². The maximum Gasteiger partial charge on any atom is 0.308 e. The summed E-state index contributed by atoms with van der Waals surface area (Å²) in [5, 5.41) is 3.36. The number of carbonyl (C=O) groups excluding carboxylic acids is 1. The maximum absolute atomic E-state index is 11.7. The Kier molecular flexibility index (Phi) is 7.57. The fourth-order valence-electron chi connectivity index (χ4n) is 3.30. The lowest BCUT2D eigenvalue weighted by Crippen LogP contribution is -2.46. The van der Waals surface area contributed by atoms with Crippen molar-refractivity contribution in [2.45, 2.75) is 19.4 Å². The van der Waals surface area contributed by atoms with Gasteiger partial charge in [0.25, 0.3) is 0 Å². The molecule has 1 fully saturated rings. The van der Waals surface area contributed by atoms with Gasteiger partial charge in [0.2, 0.25) is 5.75 Å². The number of hydrogen-bond donors (Lipinski definition) is 1. The van der Waals surface area contributed by atoms with E-state index in [1.807, 2.05) is 12.1 Å². The van der Waals surface area contributed by atoms with E-state index < -0.39 is 0 Å². The topological polar surface area (TPSA) is 81.6 Å². The average Bonchev–Trinajstić information content (AvgIpc) is 2.73. The predicted molar refractivity (Wildman–Crippen MR) is 103 cm³/mol. The molecular weight excluding hydrogens is 350 g/mol. The van der Waals surface area contributed by atoms with Gasteiger partial charge in [-0.15, -0.1) is 0 Å². The van der Waals surface area contributed by atoms with Crippen LogP contribution in [-0.4, -0.2) is 65.4 Å². The van der Waals surface area contributed by atoms with Crippen molar-refractivity contribution in [3.8, 4) is 17.2 Å². The average molecular weight is 379 g/mol. The molecule has 1 aromatic rings. The number of rotatable bonds is 6. The first-order chi connectivity index (χ1) is 13.1. The van der Waals surface area contributed by atoms with Crippen LogP contribution in [0.4, 0.5) is 0 Å². The Bertz CT molecular complexity index is 670. The number of likely N-dealkylation sites (tertiary alicyclic amines) is 1. The molecule has 0 amide bonds. The molecule has 1 aromatic carbocycles. The number of nitrogens with zero attached hydrogens (tertiary/aromatic N) is 2. The molecule has 1 heterocycles. The van der Waals surface area contributed by atoms with Gasteiger partial charge in [0.05, 0.1) is 34.4 Å². The summed E-state index contributed by atoms with van der Waals surface area (Å²) in [6, 6.07) is 3.78. The van der Waals surface area contributed by atoms with E-state index in [4.69, 9.17) is 18.9 Å². The molecule has 1 saturated heterocycles. The smallest absolute Gasteiger partial charge is 0.308 e. The molecule has 0 atom stereocenters. The highest BCUT2D eigenvalue weighted by atomic mass is 16.5. The lowest BCUT2D eigenvalue weighted by Gasteiger charge is -2.33. The third kappa shape index (κ3) is 4.75. The highest BCUT2D eigenvalue weighted by Gasteiger charge is 2.27. The first-order valence-electron chi connectivity index (χ1n) is 8.90. The lowest BCUT2D eigenvalue weighted by atomic mass is 9.97. The second-order valence-corrected chi connectivity index (χ2v) is 6.18. The number of piperidine rings is 1. The lowest BCUT2D eigenvalue weighted by molar-refractivity contribution is -0.146. The second kappa shape index (κ2) is 9.89. The fourth-order valence-corrected chi connectivity index (χ4v) is 3.30. The van der Waals surface area contributed by atoms with Crippen LogP contribution in [0.5, 0.6) is 17.2 Å². The van der Waals surface area contributed by atoms with Crippen LogP contribution in [0.1, 0.15) is 18.4 Å². The highest BCUT2D eigenvalue weighted by Crippen LogP contribution is 2.39. The number of aliphatic imine (C=N–C) groups is 1. The van der Waals surface area contributed by atoms with Crippen molar-refractivity contribution in [1.82, 2.24) is 10.2 Å². The van der Waals surface area contributed by atoms with Gasteiger partial charge >= 0.3 is 5.97 Å². The normalized spacial score (nSPS) is 15.3. The van der Waals surface area contributed by atoms with Gasteiger partial charge in [-0.05, 0) is 25.0 Å². The predicted octanol–water partition coefficient (Wildman–Crippen LogP) is 1.67. The summed E-state index contributed by atoms with van der Waals surface area (Å²) in [6.07, 6.45) is 1.51. The summed E-state index contributed by atoms with van der Waals surface area (Å²) in [5.41, 5.74) is 0.931. The fraction of sp³-hybridized carbons (Fsp3) is 0.579. The van der Waals surface area contributed by atoms with E-state index in [1.165, 1.54) is 7.11 Å². The molecule has 150 valence electrons.